The van der Waals surface area contributed by atoms with Crippen molar-refractivity contribution in [1.82, 2.24) is 20.1 Å². The molecular weight excluding hydrogens is 324 g/mol. The van der Waals surface area contributed by atoms with Crippen LogP contribution in [0.2, 0.25) is 0 Å². The van der Waals surface area contributed by atoms with Crippen molar-refractivity contribution in [2.45, 2.75) is 64.7 Å². The average Bonchev–Trinajstić information content (AvgIpc) is 3.16. The molecule has 2 aromatic heterocycles. The molecule has 1 N–H and O–H groups in total. The predicted molar refractivity (Wildman–Crippen MR) is 96.0 cm³/mol. The van der Waals surface area contributed by atoms with Gasteiger partial charge < -0.3 is 14.3 Å². The Morgan fingerprint density at radius 2 is 2.21 bits per heavy atom. The maximum absolute atomic E-state index is 12.0. The van der Waals surface area contributed by atoms with Gasteiger partial charge in [0, 0.05) is 12.6 Å². The first-order chi connectivity index (χ1) is 11.6. The van der Waals surface area contributed by atoms with E-state index in [0.717, 1.165) is 48.1 Å². The van der Waals surface area contributed by atoms with Crippen molar-refractivity contribution in [3.63, 3.8) is 0 Å². The largest absolute Gasteiger partial charge is 0.469 e. The number of carbonyl (C=O) groups is 1. The summed E-state index contributed by atoms with van der Waals surface area (Å²) < 4.78 is 7.48. The number of hydrogen-bond acceptors (Lipinski definition) is 5. The number of nitrogens with one attached hydrogen (secondary N) is 1. The molecule has 0 saturated carbocycles. The molecule has 7 heteroatoms. The van der Waals surface area contributed by atoms with Gasteiger partial charge in [0.05, 0.1) is 17.6 Å². The van der Waals surface area contributed by atoms with Crippen molar-refractivity contribution in [2.75, 3.05) is 5.75 Å². The minimum atomic E-state index is 0.0282. The van der Waals surface area contributed by atoms with Crippen LogP contribution in [0.3, 0.4) is 0 Å². The molecule has 132 valence electrons. The summed E-state index contributed by atoms with van der Waals surface area (Å²) in [5, 5.41) is 12.4. The summed E-state index contributed by atoms with van der Waals surface area (Å²) in [4.78, 5) is 12.0. The van der Waals surface area contributed by atoms with Crippen molar-refractivity contribution in [3.05, 3.63) is 18.1 Å². The van der Waals surface area contributed by atoms with Crippen molar-refractivity contribution >= 4 is 17.7 Å². The second kappa shape index (κ2) is 8.92. The van der Waals surface area contributed by atoms with Crippen LogP contribution in [0.15, 0.2) is 21.9 Å². The molecule has 6 nitrogen and oxygen atoms in total. The number of aryl methyl sites for hydroxylation is 1. The maximum atomic E-state index is 12.0. The van der Waals surface area contributed by atoms with Gasteiger partial charge in [0.1, 0.15) is 5.76 Å². The van der Waals surface area contributed by atoms with Crippen LogP contribution in [0.5, 0.6) is 0 Å². The molecule has 2 heterocycles. The molecule has 0 aliphatic carbocycles. The Kier molecular flexibility index (Phi) is 6.90. The molecule has 24 heavy (non-hydrogen) atoms. The monoisotopic (exact) mass is 350 g/mol. The highest BCUT2D eigenvalue weighted by Crippen LogP contribution is 2.27. The molecule has 0 bridgehead atoms. The zero-order valence-corrected chi connectivity index (χ0v) is 15.7. The van der Waals surface area contributed by atoms with Crippen LogP contribution >= 0.6 is 11.8 Å². The van der Waals surface area contributed by atoms with Crippen LogP contribution in [-0.4, -0.2) is 32.5 Å². The fourth-order valence-corrected chi connectivity index (χ4v) is 3.05. The molecule has 1 amide bonds. The fraction of sp³-hybridized carbons (Fsp3) is 0.588. The Hall–Kier alpha value is -1.76. The minimum Gasteiger partial charge on any atom is -0.469 e. The third-order valence-corrected chi connectivity index (χ3v) is 4.87. The van der Waals surface area contributed by atoms with Gasteiger partial charge in [0.15, 0.2) is 11.0 Å². The van der Waals surface area contributed by atoms with Crippen molar-refractivity contribution in [1.29, 1.82) is 0 Å². The van der Waals surface area contributed by atoms with Gasteiger partial charge in [-0.25, -0.2) is 0 Å². The number of thioether (sulfide) groups is 1. The summed E-state index contributed by atoms with van der Waals surface area (Å²) >= 11 is 1.43. The van der Waals surface area contributed by atoms with Gasteiger partial charge >= 0.3 is 0 Å². The molecule has 0 aliphatic rings. The predicted octanol–water partition coefficient (Wildman–Crippen LogP) is 3.65. The number of nitrogens with zero attached hydrogens (tertiary/aromatic N) is 3. The lowest BCUT2D eigenvalue weighted by Gasteiger charge is -2.12. The highest BCUT2D eigenvalue weighted by Gasteiger charge is 2.18. The molecule has 2 rings (SSSR count). The summed E-state index contributed by atoms with van der Waals surface area (Å²) in [6.07, 6.45) is 4.71. The van der Waals surface area contributed by atoms with E-state index in [2.05, 4.69) is 33.9 Å². The van der Waals surface area contributed by atoms with E-state index in [1.807, 2.05) is 19.9 Å². The van der Waals surface area contributed by atoms with Crippen molar-refractivity contribution in [3.8, 4) is 11.4 Å². The van der Waals surface area contributed by atoms with E-state index in [9.17, 15) is 4.79 Å². The summed E-state index contributed by atoms with van der Waals surface area (Å²) in [6, 6.07) is 2.10. The smallest absolute Gasteiger partial charge is 0.230 e. The van der Waals surface area contributed by atoms with E-state index in [1.54, 1.807) is 6.26 Å². The Balaban J connectivity index is 2.13. The van der Waals surface area contributed by atoms with Gasteiger partial charge in [-0.15, -0.1) is 10.2 Å². The Morgan fingerprint density at radius 1 is 1.42 bits per heavy atom. The first kappa shape index (κ1) is 18.6. The number of unbranched alkanes of at least 4 members (excludes halogenated alkanes) is 1. The standard InChI is InChI=1S/C17H26N4O2S/c1-5-7-9-21-16(14-8-10-23-13(14)4)19-20-17(21)24-11-15(22)18-12(3)6-2/h8,10,12H,5-7,9,11H2,1-4H3,(H,18,22)/t12-/m0/s1. The summed E-state index contributed by atoms with van der Waals surface area (Å²) in [5.41, 5.74) is 0.953. The number of hydrogen-bond donors (Lipinski definition) is 1. The van der Waals surface area contributed by atoms with Gasteiger partial charge in [0.25, 0.3) is 0 Å². The molecule has 0 unspecified atom stereocenters. The average molecular weight is 350 g/mol. The zero-order chi connectivity index (χ0) is 17.5. The summed E-state index contributed by atoms with van der Waals surface area (Å²) in [5.74, 6) is 2.00. The van der Waals surface area contributed by atoms with E-state index < -0.39 is 0 Å². The van der Waals surface area contributed by atoms with E-state index in [4.69, 9.17) is 4.42 Å². The molecule has 0 aromatic carbocycles. The van der Waals surface area contributed by atoms with Gasteiger partial charge in [-0.2, -0.15) is 0 Å². The third kappa shape index (κ3) is 4.63. The second-order valence-corrected chi connectivity index (χ2v) is 6.81. The van der Waals surface area contributed by atoms with Crippen molar-refractivity contribution < 1.29 is 9.21 Å². The highest BCUT2D eigenvalue weighted by atomic mass is 32.2. The number of amides is 1. The zero-order valence-electron chi connectivity index (χ0n) is 14.8. The second-order valence-electron chi connectivity index (χ2n) is 5.87. The van der Waals surface area contributed by atoms with E-state index >= 15 is 0 Å². The lowest BCUT2D eigenvalue weighted by atomic mass is 10.2. The Labute approximate surface area is 147 Å². The SMILES string of the molecule is CCCCn1c(SCC(=O)N[C@@H](C)CC)nnc1-c1ccoc1C. The van der Waals surface area contributed by atoms with E-state index in [0.29, 0.717) is 5.75 Å². The Morgan fingerprint density at radius 3 is 2.83 bits per heavy atom. The molecule has 2 aromatic rings. The molecule has 0 fully saturated rings. The first-order valence-electron chi connectivity index (χ1n) is 8.46. The van der Waals surface area contributed by atoms with Crippen LogP contribution in [0.1, 0.15) is 45.8 Å². The number of aromatic nitrogens is 3. The molecule has 0 radical (unpaired) electrons. The minimum absolute atomic E-state index is 0.0282. The number of rotatable bonds is 9. The molecule has 0 spiro atoms. The van der Waals surface area contributed by atoms with Crippen LogP contribution in [0.25, 0.3) is 11.4 Å². The third-order valence-electron chi connectivity index (χ3n) is 3.90. The van der Waals surface area contributed by atoms with Crippen LogP contribution in [0, 0.1) is 6.92 Å². The summed E-state index contributed by atoms with van der Waals surface area (Å²) in [7, 11) is 0. The molecule has 1 atom stereocenters. The fourth-order valence-electron chi connectivity index (χ4n) is 2.28. The topological polar surface area (TPSA) is 73.0 Å². The van der Waals surface area contributed by atoms with Gasteiger partial charge in [-0.3, -0.25) is 4.79 Å². The van der Waals surface area contributed by atoms with E-state index in [1.165, 1.54) is 11.8 Å². The maximum Gasteiger partial charge on any atom is 0.230 e. The molecule has 0 aliphatic heterocycles. The number of carbonyl (C=O) groups excluding carboxylic acids is 1. The van der Waals surface area contributed by atoms with Crippen molar-refractivity contribution in [2.24, 2.45) is 0 Å². The van der Waals surface area contributed by atoms with Crippen LogP contribution in [-0.2, 0) is 11.3 Å². The van der Waals surface area contributed by atoms with Crippen LogP contribution in [0.4, 0.5) is 0 Å². The normalized spacial score (nSPS) is 12.3. The highest BCUT2D eigenvalue weighted by molar-refractivity contribution is 7.99. The Bertz CT molecular complexity index is 665. The first-order valence-corrected chi connectivity index (χ1v) is 9.45. The quantitative estimate of drug-likeness (QED) is 0.699. The summed E-state index contributed by atoms with van der Waals surface area (Å²) in [6.45, 7) is 8.96. The molecule has 0 saturated heterocycles. The molecular formula is C17H26N4O2S. The lowest BCUT2D eigenvalue weighted by molar-refractivity contribution is -0.119. The number of furan rings is 1. The van der Waals surface area contributed by atoms with Gasteiger partial charge in [-0.05, 0) is 32.8 Å². The van der Waals surface area contributed by atoms with Gasteiger partial charge in [0.2, 0.25) is 5.91 Å². The van der Waals surface area contributed by atoms with Crippen LogP contribution < -0.4 is 5.32 Å². The lowest BCUT2D eigenvalue weighted by Crippen LogP contribution is -2.33. The van der Waals surface area contributed by atoms with Gasteiger partial charge in [-0.1, -0.05) is 32.0 Å². The van der Waals surface area contributed by atoms with E-state index in [-0.39, 0.29) is 11.9 Å².